The van der Waals surface area contributed by atoms with Crippen molar-refractivity contribution in [3.63, 3.8) is 0 Å². The molecular weight excluding hydrogens is 607 g/mol. The molecule has 1 amide bonds. The smallest absolute Gasteiger partial charge is 0.435 e. The zero-order valence-corrected chi connectivity index (χ0v) is 23.8. The third kappa shape index (κ3) is 5.62. The number of carbonyl (C=O) groups is 2. The average Bonchev–Trinajstić information content (AvgIpc) is 3.43. The Labute approximate surface area is 243 Å². The topological polar surface area (TPSA) is 91.8 Å². The molecule has 2 aliphatic rings. The van der Waals surface area contributed by atoms with Crippen molar-refractivity contribution in [2.45, 2.75) is 73.1 Å². The average molecular weight is 638 g/mol. The monoisotopic (exact) mass is 637 g/mol. The van der Waals surface area contributed by atoms with Crippen LogP contribution in [0.15, 0.2) is 53.4 Å². The summed E-state index contributed by atoms with van der Waals surface area (Å²) in [4.78, 5) is 25.9. The van der Waals surface area contributed by atoms with Crippen LogP contribution in [0.1, 0.15) is 55.7 Å². The van der Waals surface area contributed by atoms with Gasteiger partial charge in [0.25, 0.3) is 0 Å². The van der Waals surface area contributed by atoms with Crippen LogP contribution in [0.2, 0.25) is 0 Å². The van der Waals surface area contributed by atoms with Crippen molar-refractivity contribution >= 4 is 21.7 Å². The number of halogens is 7. The number of carboxylic acid groups (broad SMARTS) is 1. The van der Waals surface area contributed by atoms with Crippen molar-refractivity contribution in [1.82, 2.24) is 4.90 Å². The molecule has 0 radical (unpaired) electrons. The van der Waals surface area contributed by atoms with E-state index in [1.807, 2.05) is 6.92 Å². The molecule has 1 atom stereocenters. The normalized spacial score (nSPS) is 23.8. The number of rotatable bonds is 7. The van der Waals surface area contributed by atoms with Gasteiger partial charge in [0.15, 0.2) is 9.84 Å². The van der Waals surface area contributed by atoms with Gasteiger partial charge in [0.2, 0.25) is 5.91 Å². The van der Waals surface area contributed by atoms with E-state index in [1.54, 1.807) is 12.1 Å². The number of hydrogen-bond donors (Lipinski definition) is 1. The maximum absolute atomic E-state index is 14.7. The highest BCUT2D eigenvalue weighted by Gasteiger charge is 2.73. The van der Waals surface area contributed by atoms with Crippen molar-refractivity contribution < 1.29 is 53.8 Å². The lowest BCUT2D eigenvalue weighted by Gasteiger charge is -2.33. The van der Waals surface area contributed by atoms with E-state index in [1.165, 1.54) is 17.0 Å². The Hall–Kier alpha value is -3.16. The van der Waals surface area contributed by atoms with Gasteiger partial charge in [0.05, 0.1) is 10.8 Å². The first-order valence-corrected chi connectivity index (χ1v) is 15.2. The Morgan fingerprint density at radius 1 is 0.860 bits per heavy atom. The van der Waals surface area contributed by atoms with E-state index in [-0.39, 0.29) is 61.2 Å². The summed E-state index contributed by atoms with van der Waals surface area (Å²) in [5.74, 6) is -2.53. The molecule has 0 spiro atoms. The molecule has 6 nitrogen and oxygen atoms in total. The second kappa shape index (κ2) is 11.4. The van der Waals surface area contributed by atoms with E-state index in [4.69, 9.17) is 0 Å². The van der Waals surface area contributed by atoms with Gasteiger partial charge in [-0.15, -0.1) is 0 Å². The van der Waals surface area contributed by atoms with Crippen molar-refractivity contribution in [2.24, 2.45) is 11.8 Å². The standard InChI is InChI=1S/C29H30F7NO5S/c1-2-18-3-13-23(14-4-18)43(41,42)26(15-16-37(17-26)24(38)19-5-7-20(8-6-19)25(39)40)21-9-11-22(12-10-21)27(30,28(31,32)33)29(34,35)36/h3-4,9-14,19-20H,2,5-8,15-17H2,1H3,(H,39,40). The quantitative estimate of drug-likeness (QED) is 0.359. The maximum Gasteiger partial charge on any atom is 0.435 e. The Morgan fingerprint density at radius 2 is 1.37 bits per heavy atom. The van der Waals surface area contributed by atoms with Crippen LogP contribution in [0.25, 0.3) is 0 Å². The minimum Gasteiger partial charge on any atom is -0.481 e. The molecule has 236 valence electrons. The number of amides is 1. The van der Waals surface area contributed by atoms with Crippen LogP contribution < -0.4 is 0 Å². The van der Waals surface area contributed by atoms with Gasteiger partial charge in [-0.2, -0.15) is 26.3 Å². The summed E-state index contributed by atoms with van der Waals surface area (Å²) in [5.41, 5.74) is -6.81. The van der Waals surface area contributed by atoms with Crippen LogP contribution in [0.5, 0.6) is 0 Å². The first-order valence-electron chi connectivity index (χ1n) is 13.7. The first kappa shape index (κ1) is 32.7. The van der Waals surface area contributed by atoms with Crippen molar-refractivity contribution in [3.8, 4) is 0 Å². The number of benzene rings is 2. The molecule has 1 unspecified atom stereocenters. The minimum atomic E-state index is -6.34. The Morgan fingerprint density at radius 3 is 1.84 bits per heavy atom. The summed E-state index contributed by atoms with van der Waals surface area (Å²) in [7, 11) is -4.41. The molecule has 2 aromatic carbocycles. The first-order chi connectivity index (χ1) is 19.9. The molecule has 1 N–H and O–H groups in total. The highest BCUT2D eigenvalue weighted by atomic mass is 32.2. The van der Waals surface area contributed by atoms with Crippen LogP contribution >= 0.6 is 0 Å². The van der Waals surface area contributed by atoms with E-state index in [0.717, 1.165) is 17.7 Å². The molecule has 1 saturated carbocycles. The fourth-order valence-electron chi connectivity index (χ4n) is 6.05. The van der Waals surface area contributed by atoms with Gasteiger partial charge >= 0.3 is 24.0 Å². The summed E-state index contributed by atoms with van der Waals surface area (Å²) >= 11 is 0. The minimum absolute atomic E-state index is 0.0795. The fraction of sp³-hybridized carbons (Fsp3) is 0.517. The molecule has 0 aromatic heterocycles. The number of hydrogen-bond acceptors (Lipinski definition) is 4. The molecule has 1 aliphatic heterocycles. The van der Waals surface area contributed by atoms with Crippen LogP contribution in [-0.4, -0.2) is 55.7 Å². The number of sulfone groups is 1. The lowest BCUT2D eigenvalue weighted by atomic mass is 9.81. The van der Waals surface area contributed by atoms with Crippen LogP contribution in [-0.2, 0) is 36.3 Å². The largest absolute Gasteiger partial charge is 0.481 e. The van der Waals surface area contributed by atoms with Crippen molar-refractivity contribution in [3.05, 3.63) is 65.2 Å². The summed E-state index contributed by atoms with van der Waals surface area (Å²) in [5, 5.41) is 9.25. The number of aryl methyl sites for hydroxylation is 1. The maximum atomic E-state index is 14.7. The molecule has 43 heavy (non-hydrogen) atoms. The number of aliphatic carboxylic acids is 1. The Balaban J connectivity index is 1.75. The van der Waals surface area contributed by atoms with Gasteiger partial charge < -0.3 is 10.0 Å². The Bertz CT molecular complexity index is 1430. The highest BCUT2D eigenvalue weighted by molar-refractivity contribution is 7.92. The highest BCUT2D eigenvalue weighted by Crippen LogP contribution is 2.54. The van der Waals surface area contributed by atoms with Gasteiger partial charge in [0, 0.05) is 24.6 Å². The van der Waals surface area contributed by atoms with Crippen molar-refractivity contribution in [2.75, 3.05) is 13.1 Å². The summed E-state index contributed by atoms with van der Waals surface area (Å²) in [6.45, 7) is 1.33. The van der Waals surface area contributed by atoms with Crippen LogP contribution in [0, 0.1) is 11.8 Å². The SMILES string of the molecule is CCc1ccc(S(=O)(=O)C2(c3ccc(C(F)(C(F)(F)F)C(F)(F)F)cc3)CCN(C(=O)C3CCC(C(=O)O)CC3)C2)cc1. The number of carbonyl (C=O) groups excluding carboxylic acids is 1. The lowest BCUT2D eigenvalue weighted by molar-refractivity contribution is -0.348. The predicted octanol–water partition coefficient (Wildman–Crippen LogP) is 6.33. The molecular formula is C29H30F7NO5S. The number of carboxylic acids is 1. The molecule has 2 aromatic rings. The van der Waals surface area contributed by atoms with Crippen LogP contribution in [0.3, 0.4) is 0 Å². The molecule has 1 aliphatic carbocycles. The van der Waals surface area contributed by atoms with Gasteiger partial charge in [-0.1, -0.05) is 43.3 Å². The second-order valence-corrected chi connectivity index (χ2v) is 13.4. The Kier molecular flexibility index (Phi) is 8.68. The predicted molar refractivity (Wildman–Crippen MR) is 140 cm³/mol. The third-order valence-electron chi connectivity index (χ3n) is 8.72. The molecule has 1 heterocycles. The number of alkyl halides is 7. The summed E-state index contributed by atoms with van der Waals surface area (Å²) < 4.78 is 121. The summed E-state index contributed by atoms with van der Waals surface area (Å²) in [6, 6.07) is 7.90. The van der Waals surface area contributed by atoms with E-state index < -0.39 is 68.4 Å². The lowest BCUT2D eigenvalue weighted by Crippen LogP contribution is -2.50. The molecule has 1 saturated heterocycles. The van der Waals surface area contributed by atoms with E-state index >= 15 is 0 Å². The zero-order valence-electron chi connectivity index (χ0n) is 23.0. The van der Waals surface area contributed by atoms with Gasteiger partial charge in [-0.3, -0.25) is 9.59 Å². The van der Waals surface area contributed by atoms with Crippen LogP contribution in [0.4, 0.5) is 30.7 Å². The van der Waals surface area contributed by atoms with Gasteiger partial charge in [-0.05, 0) is 61.8 Å². The van der Waals surface area contributed by atoms with E-state index in [9.17, 15) is 53.8 Å². The van der Waals surface area contributed by atoms with Gasteiger partial charge in [0.1, 0.15) is 4.75 Å². The third-order valence-corrected chi connectivity index (χ3v) is 11.2. The molecule has 2 fully saturated rings. The molecule has 0 bridgehead atoms. The van der Waals surface area contributed by atoms with E-state index in [0.29, 0.717) is 6.42 Å². The molecule has 4 rings (SSSR count). The van der Waals surface area contributed by atoms with Gasteiger partial charge in [-0.25, -0.2) is 12.8 Å². The van der Waals surface area contributed by atoms with E-state index in [2.05, 4.69) is 0 Å². The van der Waals surface area contributed by atoms with Crippen molar-refractivity contribution in [1.29, 1.82) is 0 Å². The number of likely N-dealkylation sites (tertiary alicyclic amines) is 1. The zero-order chi connectivity index (χ0) is 32.0. The molecule has 14 heteroatoms. The fourth-order valence-corrected chi connectivity index (χ4v) is 8.13. The second-order valence-electron chi connectivity index (χ2n) is 11.1. The summed E-state index contributed by atoms with van der Waals surface area (Å²) in [6.07, 6.45) is -11.2. The number of nitrogens with zero attached hydrogens (tertiary/aromatic N) is 1.